The Morgan fingerprint density at radius 3 is 2.89 bits per heavy atom. The fourth-order valence-corrected chi connectivity index (χ4v) is 2.44. The van der Waals surface area contributed by atoms with Gasteiger partial charge in [-0.15, -0.1) is 0 Å². The predicted molar refractivity (Wildman–Crippen MR) is 61.2 cm³/mol. The molecule has 9 heteroatoms. The number of rotatable bonds is 4. The second kappa shape index (κ2) is 4.70. The summed E-state index contributed by atoms with van der Waals surface area (Å²) in [6.45, 7) is -0.0850. The van der Waals surface area contributed by atoms with Gasteiger partial charge >= 0.3 is 0 Å². The Morgan fingerprint density at radius 1 is 1.44 bits per heavy atom. The minimum Gasteiger partial charge on any atom is -0.395 e. The van der Waals surface area contributed by atoms with Gasteiger partial charge in [-0.2, -0.15) is 5.10 Å². The molecule has 1 aromatic heterocycles. The summed E-state index contributed by atoms with van der Waals surface area (Å²) in [6, 6.07) is 3.58. The van der Waals surface area contributed by atoms with Crippen molar-refractivity contribution in [2.75, 3.05) is 5.73 Å². The van der Waals surface area contributed by atoms with Crippen molar-refractivity contribution in [1.82, 2.24) is 19.9 Å². The Hall–Kier alpha value is -2.00. The lowest BCUT2D eigenvalue weighted by atomic mass is 10.3. The molecule has 0 bridgehead atoms. The molecule has 18 heavy (non-hydrogen) atoms. The summed E-state index contributed by atoms with van der Waals surface area (Å²) in [7, 11) is -3.89. The average Bonchev–Trinajstić information content (AvgIpc) is 2.83. The number of nitrogens with one attached hydrogen (secondary N) is 2. The van der Waals surface area contributed by atoms with Crippen molar-refractivity contribution in [2.24, 2.45) is 0 Å². The Labute approximate surface area is 102 Å². The monoisotopic (exact) mass is 271 g/mol. The van der Waals surface area contributed by atoms with Gasteiger partial charge in [0.2, 0.25) is 10.0 Å². The zero-order chi connectivity index (χ0) is 13.2. The van der Waals surface area contributed by atoms with Gasteiger partial charge in [0, 0.05) is 0 Å². The number of nitrogens with zero attached hydrogens (tertiary/aromatic N) is 2. The van der Waals surface area contributed by atoms with E-state index in [-0.39, 0.29) is 11.4 Å². The summed E-state index contributed by atoms with van der Waals surface area (Å²) in [4.78, 5) is 3.45. The Kier molecular flexibility index (Phi) is 3.26. The molecule has 2 rings (SSSR count). The Bertz CT molecular complexity index is 641. The SMILES string of the molecule is Nc1c(F)cccc1S(=O)(=O)NCc1ncn[nH]1. The van der Waals surface area contributed by atoms with Crippen LogP contribution < -0.4 is 10.5 Å². The highest BCUT2D eigenvalue weighted by Gasteiger charge is 2.19. The van der Waals surface area contributed by atoms with Crippen molar-refractivity contribution in [3.05, 3.63) is 36.2 Å². The topological polar surface area (TPSA) is 114 Å². The first-order valence-electron chi connectivity index (χ1n) is 4.88. The number of hydrogen-bond donors (Lipinski definition) is 3. The van der Waals surface area contributed by atoms with Crippen LogP contribution in [0.25, 0.3) is 0 Å². The summed E-state index contributed by atoms with van der Waals surface area (Å²) in [5.74, 6) is -0.439. The first-order chi connectivity index (χ1) is 8.50. The molecule has 0 spiro atoms. The molecule has 1 aromatic carbocycles. The number of aromatic amines is 1. The lowest BCUT2D eigenvalue weighted by Crippen LogP contribution is -2.25. The second-order valence-electron chi connectivity index (χ2n) is 3.41. The zero-order valence-electron chi connectivity index (χ0n) is 9.09. The number of nitrogens with two attached hydrogens (primary N) is 1. The van der Waals surface area contributed by atoms with Gasteiger partial charge < -0.3 is 5.73 Å². The largest absolute Gasteiger partial charge is 0.395 e. The van der Waals surface area contributed by atoms with Crippen LogP contribution in [-0.4, -0.2) is 23.6 Å². The average molecular weight is 271 g/mol. The minimum atomic E-state index is -3.89. The zero-order valence-corrected chi connectivity index (χ0v) is 9.91. The quantitative estimate of drug-likeness (QED) is 0.677. The maximum Gasteiger partial charge on any atom is 0.243 e. The second-order valence-corrected chi connectivity index (χ2v) is 5.14. The van der Waals surface area contributed by atoms with Crippen LogP contribution in [0, 0.1) is 5.82 Å². The van der Waals surface area contributed by atoms with Crippen molar-refractivity contribution in [3.63, 3.8) is 0 Å². The van der Waals surface area contributed by atoms with E-state index in [4.69, 9.17) is 5.73 Å². The number of hydrogen-bond acceptors (Lipinski definition) is 5. The van der Waals surface area contributed by atoms with E-state index < -0.39 is 21.5 Å². The molecule has 0 radical (unpaired) electrons. The van der Waals surface area contributed by atoms with E-state index in [1.54, 1.807) is 0 Å². The van der Waals surface area contributed by atoms with Crippen LogP contribution >= 0.6 is 0 Å². The van der Waals surface area contributed by atoms with Crippen LogP contribution in [0.1, 0.15) is 5.82 Å². The van der Waals surface area contributed by atoms with Crippen LogP contribution in [0.4, 0.5) is 10.1 Å². The molecule has 0 atom stereocenters. The Morgan fingerprint density at radius 2 is 2.22 bits per heavy atom. The van der Waals surface area contributed by atoms with Crippen LogP contribution in [-0.2, 0) is 16.6 Å². The number of nitrogen functional groups attached to an aromatic ring is 1. The van der Waals surface area contributed by atoms with Gasteiger partial charge in [-0.25, -0.2) is 22.5 Å². The fourth-order valence-electron chi connectivity index (χ4n) is 1.31. The molecule has 0 aliphatic heterocycles. The van der Waals surface area contributed by atoms with Gasteiger partial charge in [0.15, 0.2) is 0 Å². The highest BCUT2D eigenvalue weighted by molar-refractivity contribution is 7.89. The van der Waals surface area contributed by atoms with Crippen LogP contribution in [0.2, 0.25) is 0 Å². The predicted octanol–water partition coefficient (Wildman–Crippen LogP) is 0.00450. The molecule has 0 amide bonds. The van der Waals surface area contributed by atoms with Crippen molar-refractivity contribution >= 4 is 15.7 Å². The molecule has 96 valence electrons. The number of anilines is 1. The maximum atomic E-state index is 13.2. The highest BCUT2D eigenvalue weighted by Crippen LogP contribution is 2.20. The molecule has 0 saturated heterocycles. The van der Waals surface area contributed by atoms with Gasteiger partial charge in [-0.05, 0) is 12.1 Å². The van der Waals surface area contributed by atoms with Gasteiger partial charge in [-0.3, -0.25) is 5.10 Å². The number of halogens is 1. The molecule has 7 nitrogen and oxygen atoms in total. The van der Waals surface area contributed by atoms with Gasteiger partial charge in [0.1, 0.15) is 22.9 Å². The van der Waals surface area contributed by atoms with E-state index in [2.05, 4.69) is 19.9 Å². The molecule has 0 aliphatic rings. The standard InChI is InChI=1S/C9H10FN5O2S/c10-6-2-1-3-7(9(6)11)18(16,17)14-4-8-12-5-13-15-8/h1-3,5,14H,4,11H2,(H,12,13,15). The molecule has 0 saturated carbocycles. The molecule has 2 aromatic rings. The lowest BCUT2D eigenvalue weighted by Gasteiger charge is -2.08. The lowest BCUT2D eigenvalue weighted by molar-refractivity contribution is 0.577. The van der Waals surface area contributed by atoms with E-state index in [1.165, 1.54) is 18.5 Å². The number of benzene rings is 1. The molecule has 0 fully saturated rings. The van der Waals surface area contributed by atoms with Gasteiger partial charge in [0.25, 0.3) is 0 Å². The minimum absolute atomic E-state index is 0.0850. The van der Waals surface area contributed by atoms with Crippen molar-refractivity contribution in [2.45, 2.75) is 11.4 Å². The highest BCUT2D eigenvalue weighted by atomic mass is 32.2. The first-order valence-corrected chi connectivity index (χ1v) is 6.37. The third-order valence-corrected chi connectivity index (χ3v) is 3.66. The summed E-state index contributed by atoms with van der Waals surface area (Å²) in [5.41, 5.74) is 4.97. The van der Waals surface area contributed by atoms with Crippen LogP contribution in [0.15, 0.2) is 29.4 Å². The molecule has 0 unspecified atom stereocenters. The fraction of sp³-hybridized carbons (Fsp3) is 0.111. The maximum absolute atomic E-state index is 13.2. The third kappa shape index (κ3) is 2.46. The molecular weight excluding hydrogens is 261 g/mol. The normalized spacial score (nSPS) is 11.6. The Balaban J connectivity index is 2.23. The van der Waals surface area contributed by atoms with Crippen molar-refractivity contribution < 1.29 is 12.8 Å². The van der Waals surface area contributed by atoms with E-state index in [0.29, 0.717) is 5.82 Å². The number of H-pyrrole nitrogens is 1. The summed E-state index contributed by atoms with van der Waals surface area (Å²) >= 11 is 0. The van der Waals surface area contributed by atoms with Gasteiger partial charge in [0.05, 0.1) is 12.2 Å². The first kappa shape index (κ1) is 12.5. The number of aromatic nitrogens is 3. The van der Waals surface area contributed by atoms with E-state index in [9.17, 15) is 12.8 Å². The van der Waals surface area contributed by atoms with Crippen LogP contribution in [0.3, 0.4) is 0 Å². The molecular formula is C9H10FN5O2S. The third-order valence-electron chi connectivity index (χ3n) is 2.20. The molecule has 1 heterocycles. The summed E-state index contributed by atoms with van der Waals surface area (Å²) in [5, 5.41) is 6.07. The van der Waals surface area contributed by atoms with E-state index in [0.717, 1.165) is 6.07 Å². The van der Waals surface area contributed by atoms with Crippen molar-refractivity contribution in [3.8, 4) is 0 Å². The smallest absolute Gasteiger partial charge is 0.243 e. The molecule has 4 N–H and O–H groups in total. The van der Waals surface area contributed by atoms with Crippen LogP contribution in [0.5, 0.6) is 0 Å². The van der Waals surface area contributed by atoms with Crippen molar-refractivity contribution in [1.29, 1.82) is 0 Å². The summed E-state index contributed by atoms with van der Waals surface area (Å²) in [6.07, 6.45) is 1.25. The molecule has 0 aliphatic carbocycles. The van der Waals surface area contributed by atoms with E-state index in [1.807, 2.05) is 0 Å². The number of sulfonamides is 1. The number of para-hydroxylation sites is 1. The van der Waals surface area contributed by atoms with Gasteiger partial charge in [-0.1, -0.05) is 6.07 Å². The van der Waals surface area contributed by atoms with E-state index >= 15 is 0 Å². The summed E-state index contributed by atoms with van der Waals surface area (Å²) < 4.78 is 39.2.